The van der Waals surface area contributed by atoms with Crippen LogP contribution in [-0.4, -0.2) is 62.5 Å². The van der Waals surface area contributed by atoms with Crippen molar-refractivity contribution >= 4 is 31.4 Å². The monoisotopic (exact) mass is 591 g/mol. The number of carbonyl (C=O) groups excluding carboxylic acids is 4. The Morgan fingerprint density at radius 2 is 1.15 bits per heavy atom. The van der Waals surface area contributed by atoms with Crippen molar-refractivity contribution in [2.45, 2.75) is 52.1 Å². The summed E-state index contributed by atoms with van der Waals surface area (Å²) in [5.74, 6) is -2.99. The van der Waals surface area contributed by atoms with Crippen LogP contribution in [0.2, 0.25) is 0 Å². The van der Waals surface area contributed by atoms with Gasteiger partial charge in [-0.05, 0) is 30.9 Å². The van der Waals surface area contributed by atoms with Gasteiger partial charge in [-0.15, -0.1) is 0 Å². The lowest BCUT2D eigenvalue weighted by Crippen LogP contribution is -2.49. The molecule has 0 radical (unpaired) electrons. The summed E-state index contributed by atoms with van der Waals surface area (Å²) in [6.45, 7) is 4.36. The summed E-state index contributed by atoms with van der Waals surface area (Å²) in [5, 5.41) is 7.93. The lowest BCUT2D eigenvalue weighted by Gasteiger charge is -2.30. The summed E-state index contributed by atoms with van der Waals surface area (Å²) in [6.07, 6.45) is -1.16. The van der Waals surface area contributed by atoms with E-state index in [0.29, 0.717) is 0 Å². The molecule has 0 bridgehead atoms. The van der Waals surface area contributed by atoms with Gasteiger partial charge in [-0.3, -0.25) is 14.2 Å². The number of methoxy groups -OCH3 is 2. The van der Waals surface area contributed by atoms with Crippen molar-refractivity contribution in [3.05, 3.63) is 71.8 Å². The Morgan fingerprint density at radius 3 is 1.59 bits per heavy atom. The smallest absolute Gasteiger partial charge is 0.408 e. The van der Waals surface area contributed by atoms with Crippen LogP contribution in [0.4, 0.5) is 4.79 Å². The zero-order chi connectivity index (χ0) is 30.4. The average Bonchev–Trinajstić information content (AvgIpc) is 2.97. The Kier molecular flexibility index (Phi) is 13.5. The van der Waals surface area contributed by atoms with E-state index in [2.05, 4.69) is 15.5 Å². The Hall–Kier alpha value is -3.73. The van der Waals surface area contributed by atoms with E-state index in [4.69, 9.17) is 18.9 Å². The van der Waals surface area contributed by atoms with Crippen LogP contribution in [0.3, 0.4) is 0 Å². The number of esters is 3. The molecule has 0 saturated heterocycles. The average molecular weight is 592 g/mol. The largest absolute Gasteiger partial charge is 0.468 e. The molecule has 13 heteroatoms. The van der Waals surface area contributed by atoms with Crippen LogP contribution < -0.4 is 15.5 Å². The normalized spacial score (nSPS) is 14.1. The second-order valence-electron chi connectivity index (χ2n) is 9.42. The van der Waals surface area contributed by atoms with E-state index in [1.54, 1.807) is 55.5 Å². The fraction of sp³-hybridized carbons (Fsp3) is 0.429. The van der Waals surface area contributed by atoms with Crippen molar-refractivity contribution < 1.29 is 42.7 Å². The van der Waals surface area contributed by atoms with Gasteiger partial charge in [0, 0.05) is 6.16 Å². The molecule has 0 aliphatic rings. The molecule has 12 nitrogen and oxygen atoms in total. The van der Waals surface area contributed by atoms with E-state index >= 15 is 0 Å². The number of amides is 1. The van der Waals surface area contributed by atoms with Crippen LogP contribution in [0.15, 0.2) is 60.7 Å². The van der Waals surface area contributed by atoms with Gasteiger partial charge in [0.05, 0.1) is 14.2 Å². The molecule has 224 valence electrons. The molecule has 0 aliphatic carbocycles. The second-order valence-corrected chi connectivity index (χ2v) is 11.8. The van der Waals surface area contributed by atoms with Crippen molar-refractivity contribution in [3.63, 3.8) is 0 Å². The number of alkyl carbamates (subject to hydrolysis) is 1. The lowest BCUT2D eigenvalue weighted by molar-refractivity contribution is -0.148. The SMILES string of the molecule is COC(=O)[C@H](C)NP(=O)(C[C@H](C)[C@H](NC(=O)OCc1ccccc1)C(=O)OCc1ccccc1)N[C@@H](C)C(=O)OC. The standard InChI is InChI=1S/C28H38N3O9P/c1-19(18-41(36,30-20(2)25(32)37-4)31-21(3)26(33)38-5)24(27(34)39-16-22-12-8-6-9-13-22)29-28(35)40-17-23-14-10-7-11-15-23/h6-15,19-21,24H,16-18H2,1-5H3,(H,29,35)(H2,30,31,36)/t19-,20-,21-,24-/m0/s1. The number of ether oxygens (including phenoxy) is 4. The minimum absolute atomic E-state index is 0.0400. The highest BCUT2D eigenvalue weighted by molar-refractivity contribution is 7.60. The topological polar surface area (TPSA) is 158 Å². The summed E-state index contributed by atoms with van der Waals surface area (Å²) in [7, 11) is -1.43. The predicted octanol–water partition coefficient (Wildman–Crippen LogP) is 3.16. The Balaban J connectivity index is 2.26. The van der Waals surface area contributed by atoms with Crippen LogP contribution >= 0.6 is 7.44 Å². The summed E-state index contributed by atoms with van der Waals surface area (Å²) >= 11 is 0. The molecule has 0 aromatic heterocycles. The maximum absolute atomic E-state index is 14.1. The number of benzene rings is 2. The third-order valence-corrected chi connectivity index (χ3v) is 8.69. The van der Waals surface area contributed by atoms with Crippen LogP contribution in [-0.2, 0) is 51.1 Å². The number of hydrogen-bond donors (Lipinski definition) is 3. The highest BCUT2D eigenvalue weighted by atomic mass is 31.2. The third kappa shape index (κ3) is 11.3. The first-order valence-electron chi connectivity index (χ1n) is 13.0. The fourth-order valence-electron chi connectivity index (χ4n) is 3.88. The lowest BCUT2D eigenvalue weighted by atomic mass is 10.0. The third-order valence-electron chi connectivity index (χ3n) is 5.99. The van der Waals surface area contributed by atoms with Crippen molar-refractivity contribution in [3.8, 4) is 0 Å². The predicted molar refractivity (Wildman–Crippen MR) is 151 cm³/mol. The van der Waals surface area contributed by atoms with Gasteiger partial charge in [0.1, 0.15) is 31.3 Å². The van der Waals surface area contributed by atoms with Gasteiger partial charge >= 0.3 is 24.0 Å². The van der Waals surface area contributed by atoms with Gasteiger partial charge in [-0.2, -0.15) is 0 Å². The van der Waals surface area contributed by atoms with E-state index in [-0.39, 0.29) is 19.4 Å². The molecule has 0 fully saturated rings. The quantitative estimate of drug-likeness (QED) is 0.159. The summed E-state index contributed by atoms with van der Waals surface area (Å²) in [4.78, 5) is 50.1. The van der Waals surface area contributed by atoms with Gasteiger partial charge in [0.15, 0.2) is 0 Å². The highest BCUT2D eigenvalue weighted by Gasteiger charge is 2.38. The molecule has 0 heterocycles. The molecule has 0 aliphatic heterocycles. The molecule has 2 rings (SSSR count). The van der Waals surface area contributed by atoms with Crippen molar-refractivity contribution in [1.29, 1.82) is 0 Å². The fourth-order valence-corrected chi connectivity index (χ4v) is 6.65. The van der Waals surface area contributed by atoms with Crippen LogP contribution in [0, 0.1) is 5.92 Å². The molecule has 2 aromatic rings. The first kappa shape index (κ1) is 33.5. The Labute approximate surface area is 239 Å². The zero-order valence-electron chi connectivity index (χ0n) is 23.8. The molecule has 0 unspecified atom stereocenters. The molecule has 4 atom stereocenters. The van der Waals surface area contributed by atoms with Gasteiger partial charge < -0.3 is 24.3 Å². The van der Waals surface area contributed by atoms with Crippen LogP contribution in [0.25, 0.3) is 0 Å². The minimum atomic E-state index is -3.80. The molecular weight excluding hydrogens is 553 g/mol. The molecule has 3 N–H and O–H groups in total. The van der Waals surface area contributed by atoms with E-state index < -0.39 is 55.5 Å². The maximum atomic E-state index is 14.1. The van der Waals surface area contributed by atoms with Gasteiger partial charge in [-0.25, -0.2) is 19.8 Å². The van der Waals surface area contributed by atoms with E-state index in [1.807, 2.05) is 12.1 Å². The van der Waals surface area contributed by atoms with Crippen LogP contribution in [0.5, 0.6) is 0 Å². The van der Waals surface area contributed by atoms with Crippen molar-refractivity contribution in [1.82, 2.24) is 15.5 Å². The summed E-state index contributed by atoms with van der Waals surface area (Å²) < 4.78 is 34.3. The first-order valence-corrected chi connectivity index (χ1v) is 14.8. The van der Waals surface area contributed by atoms with Crippen LogP contribution in [0.1, 0.15) is 31.9 Å². The van der Waals surface area contributed by atoms with E-state index in [0.717, 1.165) is 11.1 Å². The molecule has 41 heavy (non-hydrogen) atoms. The number of hydrogen-bond acceptors (Lipinski definition) is 9. The molecule has 0 saturated carbocycles. The maximum Gasteiger partial charge on any atom is 0.408 e. The van der Waals surface area contributed by atoms with Crippen molar-refractivity contribution in [2.24, 2.45) is 5.92 Å². The van der Waals surface area contributed by atoms with E-state index in [9.17, 15) is 23.7 Å². The first-order chi connectivity index (χ1) is 19.5. The van der Waals surface area contributed by atoms with Crippen molar-refractivity contribution in [2.75, 3.05) is 20.4 Å². The second kappa shape index (κ2) is 16.5. The number of carbonyl (C=O) groups is 4. The Morgan fingerprint density at radius 1 is 0.707 bits per heavy atom. The zero-order valence-corrected chi connectivity index (χ0v) is 24.7. The molecule has 2 aromatic carbocycles. The van der Waals surface area contributed by atoms with Gasteiger partial charge in [0.25, 0.3) is 0 Å². The number of nitrogens with one attached hydrogen (secondary N) is 3. The van der Waals surface area contributed by atoms with E-state index in [1.165, 1.54) is 28.1 Å². The molecule has 1 amide bonds. The summed E-state index contributed by atoms with van der Waals surface area (Å²) in [5.41, 5.74) is 1.47. The highest BCUT2D eigenvalue weighted by Crippen LogP contribution is 2.41. The minimum Gasteiger partial charge on any atom is -0.468 e. The molecular formula is C28H38N3O9P. The van der Waals surface area contributed by atoms with Gasteiger partial charge in [-0.1, -0.05) is 67.6 Å². The Bertz CT molecular complexity index is 1170. The molecule has 0 spiro atoms. The van der Waals surface area contributed by atoms with Gasteiger partial charge in [0.2, 0.25) is 7.44 Å². The summed E-state index contributed by atoms with van der Waals surface area (Å²) in [6, 6.07) is 14.6. The number of rotatable bonds is 15.